The number of fused-ring (bicyclic) bond motifs is 12. The monoisotopic (exact) mass is 981 g/mol. The van der Waals surface area contributed by atoms with Crippen LogP contribution in [-0.2, 0) is 5.41 Å². The van der Waals surface area contributed by atoms with Gasteiger partial charge in [0.15, 0.2) is 0 Å². The number of ether oxygens (including phenoxy) is 1. The van der Waals surface area contributed by atoms with E-state index in [1.807, 2.05) is 12.3 Å². The van der Waals surface area contributed by atoms with Gasteiger partial charge in [0.2, 0.25) is 0 Å². The first-order valence-electron chi connectivity index (χ1n) is 26.1. The van der Waals surface area contributed by atoms with Crippen LogP contribution in [0.3, 0.4) is 0 Å². The van der Waals surface area contributed by atoms with E-state index in [4.69, 9.17) is 16.3 Å². The number of hydrogen-bond donors (Lipinski definition) is 0. The largest absolute Gasteiger partial charge is 0.489 e. The average molecular weight is 982 g/mol. The first kappa shape index (κ1) is 46.5. The predicted octanol–water partition coefficient (Wildman–Crippen LogP) is 17.1. The summed E-state index contributed by atoms with van der Waals surface area (Å²) in [6.07, 6.45) is 9.38. The second kappa shape index (κ2) is 17.9. The minimum absolute atomic E-state index is 0.0266. The Balaban J connectivity index is 1.21. The van der Waals surface area contributed by atoms with Crippen molar-refractivity contribution in [2.24, 2.45) is 0 Å². The fourth-order valence-corrected chi connectivity index (χ4v) is 14.3. The third kappa shape index (κ3) is 7.99. The smallest absolute Gasteiger partial charge is 0.125 e. The number of hydrogen-bond acceptors (Lipinski definition) is 4. The van der Waals surface area contributed by atoms with E-state index in [1.54, 1.807) is 0 Å². The molecule has 2 aliphatic carbocycles. The molecule has 0 N–H and O–H groups in total. The summed E-state index contributed by atoms with van der Waals surface area (Å²) in [5, 5.41) is 6.29. The zero-order chi connectivity index (χ0) is 50.2. The maximum Gasteiger partial charge on any atom is 0.125 e. The van der Waals surface area contributed by atoms with Crippen LogP contribution in [0.25, 0.3) is 32.8 Å². The highest BCUT2D eigenvalue weighted by molar-refractivity contribution is 6.89. The van der Waals surface area contributed by atoms with Gasteiger partial charge in [0.05, 0.1) is 32.8 Å². The number of aromatic nitrogens is 1. The number of nitrogens with zero attached hydrogens (tertiary/aromatic N) is 3. The van der Waals surface area contributed by atoms with E-state index in [2.05, 4.69) is 244 Å². The highest BCUT2D eigenvalue weighted by atomic mass is 28.3. The Morgan fingerprint density at radius 2 is 1.15 bits per heavy atom. The van der Waals surface area contributed by atoms with Crippen molar-refractivity contribution < 1.29 is 4.74 Å². The Kier molecular flexibility index (Phi) is 11.4. The zero-order valence-electron chi connectivity index (χ0n) is 43.2. The van der Waals surface area contributed by atoms with Crippen LogP contribution in [0, 0.1) is 0 Å². The fraction of sp³-hybridized carbons (Fsp3) is 0.179. The average Bonchev–Trinajstić information content (AvgIpc) is 3.70. The minimum Gasteiger partial charge on any atom is -0.489 e. The van der Waals surface area contributed by atoms with Gasteiger partial charge in [-0.3, -0.25) is 4.98 Å². The van der Waals surface area contributed by atoms with Gasteiger partial charge in [-0.05, 0) is 130 Å². The number of anilines is 6. The summed E-state index contributed by atoms with van der Waals surface area (Å²) in [7, 11) is -3.15. The molecule has 1 aromatic heterocycles. The minimum atomic E-state index is -1.58. The van der Waals surface area contributed by atoms with Gasteiger partial charge in [0.25, 0.3) is 0 Å². The van der Waals surface area contributed by atoms with Crippen molar-refractivity contribution in [1.82, 2.24) is 4.98 Å². The van der Waals surface area contributed by atoms with Gasteiger partial charge in [-0.2, -0.15) is 0 Å². The first-order chi connectivity index (χ1) is 35.3. The predicted molar refractivity (Wildman–Crippen MR) is 316 cm³/mol. The maximum atomic E-state index is 7.53. The fourth-order valence-electron chi connectivity index (χ4n) is 12.0. The molecule has 1 spiro atoms. The van der Waals surface area contributed by atoms with Crippen molar-refractivity contribution in [3.05, 3.63) is 240 Å². The van der Waals surface area contributed by atoms with Crippen LogP contribution in [0.2, 0.25) is 39.3 Å². The van der Waals surface area contributed by atoms with Crippen molar-refractivity contribution in [2.75, 3.05) is 9.80 Å². The van der Waals surface area contributed by atoms with E-state index >= 15 is 0 Å². The van der Waals surface area contributed by atoms with Crippen molar-refractivity contribution in [3.8, 4) is 16.9 Å². The molecule has 360 valence electrons. The van der Waals surface area contributed by atoms with E-state index in [9.17, 15) is 0 Å². The van der Waals surface area contributed by atoms with Gasteiger partial charge in [0, 0.05) is 63.8 Å². The van der Waals surface area contributed by atoms with Crippen LogP contribution in [0.15, 0.2) is 224 Å². The molecule has 0 fully saturated rings. The molecule has 73 heavy (non-hydrogen) atoms. The van der Waals surface area contributed by atoms with Crippen LogP contribution in [-0.4, -0.2) is 27.2 Å². The first-order valence-corrected chi connectivity index (χ1v) is 33.1. The van der Waals surface area contributed by atoms with Crippen LogP contribution in [0.4, 0.5) is 34.1 Å². The Labute approximate surface area is 433 Å². The number of allylic oxidation sites excluding steroid dienone is 3. The Hall–Kier alpha value is -7.52. The quantitative estimate of drug-likeness (QED) is 0.135. The third-order valence-electron chi connectivity index (χ3n) is 15.7. The van der Waals surface area contributed by atoms with E-state index in [0.717, 1.165) is 81.2 Å². The van der Waals surface area contributed by atoms with Crippen LogP contribution in [0.5, 0.6) is 5.75 Å². The molecule has 0 radical (unpaired) electrons. The molecule has 1 aliphatic heterocycles. The van der Waals surface area contributed by atoms with Crippen LogP contribution in [0.1, 0.15) is 42.9 Å². The van der Waals surface area contributed by atoms with Gasteiger partial charge in [0.1, 0.15) is 11.9 Å². The van der Waals surface area contributed by atoms with Crippen molar-refractivity contribution in [2.45, 2.75) is 77.0 Å². The van der Waals surface area contributed by atoms with E-state index < -0.39 is 21.6 Å². The normalized spacial score (nSPS) is 17.8. The molecule has 12 rings (SSSR count). The molecule has 4 nitrogen and oxygen atoms in total. The van der Waals surface area contributed by atoms with E-state index in [-0.39, 0.29) is 6.10 Å². The summed E-state index contributed by atoms with van der Waals surface area (Å²) in [6, 6.07) is 68.0. The summed E-state index contributed by atoms with van der Waals surface area (Å²) in [5.74, 6) is 0.876. The third-order valence-corrected chi connectivity index (χ3v) is 19.8. The molecular formula is C67H63N3OSi2. The molecule has 3 aliphatic rings. The molecule has 2 unspecified atom stereocenters. The second-order valence-electron chi connectivity index (χ2n) is 22.4. The van der Waals surface area contributed by atoms with Crippen LogP contribution >= 0.6 is 0 Å². The zero-order valence-corrected chi connectivity index (χ0v) is 45.2. The summed E-state index contributed by atoms with van der Waals surface area (Å²) in [5.41, 5.74) is 16.1. The standard InChI is InChI=1S/C67H63N3OSi2/c1-9-46-38-47-37-45(2)67(61-43-63-48(19-18-36-68-63)41-65(61)71-54(39-46)40-47)60-42-53(69(49-20-12-10-13-21-49)51-26-31-55(32-27-51)72(3,4)5)30-35-59(60)66-58-25-17-16-24-57(58)64(44-62(66)67)70(50-22-14-11-15-23-50)52-28-33-56(34-29-52)73(6,7)8/h10-38,41-44,54H,2,9,39-40H2,1,3-8H3/b47-37-. The SMILES string of the molecule is C=C1/C=C2/C=C(CC)CC(C2)Oc2cc3cccnc3cc2C12c1cc(N(c3ccccc3)c3ccc([Si](C)(C)C)cc3)ccc1-c1c2cc(N(c2ccccc2)c2ccc([Si](C)(C)C)cc2)c2ccccc12. The van der Waals surface area contributed by atoms with Gasteiger partial charge in [-0.1, -0.05) is 178 Å². The number of benzene rings is 8. The lowest BCUT2D eigenvalue weighted by Crippen LogP contribution is -2.37. The molecular weight excluding hydrogens is 919 g/mol. The molecule has 2 atom stereocenters. The van der Waals surface area contributed by atoms with E-state index in [0.29, 0.717) is 0 Å². The Morgan fingerprint density at radius 3 is 1.79 bits per heavy atom. The van der Waals surface area contributed by atoms with Crippen LogP contribution < -0.4 is 24.9 Å². The lowest BCUT2D eigenvalue weighted by molar-refractivity contribution is 0.196. The Bertz CT molecular complexity index is 3680. The summed E-state index contributed by atoms with van der Waals surface area (Å²) < 4.78 is 7.53. The van der Waals surface area contributed by atoms with Gasteiger partial charge in [-0.25, -0.2) is 0 Å². The second-order valence-corrected chi connectivity index (χ2v) is 32.5. The highest BCUT2D eigenvalue weighted by Gasteiger charge is 2.50. The molecule has 2 heterocycles. The summed E-state index contributed by atoms with van der Waals surface area (Å²) in [4.78, 5) is 9.97. The molecule has 8 aromatic carbocycles. The lowest BCUT2D eigenvalue weighted by Gasteiger charge is -2.37. The van der Waals surface area contributed by atoms with E-state index in [1.165, 1.54) is 54.5 Å². The van der Waals surface area contributed by atoms with Gasteiger partial charge in [-0.15, -0.1) is 0 Å². The number of pyridine rings is 1. The molecule has 9 aromatic rings. The molecule has 0 saturated carbocycles. The number of rotatable bonds is 9. The molecule has 6 heteroatoms. The lowest BCUT2D eigenvalue weighted by atomic mass is 9.66. The summed E-state index contributed by atoms with van der Waals surface area (Å²) >= 11 is 0. The molecule has 2 bridgehead atoms. The topological polar surface area (TPSA) is 28.6 Å². The molecule has 0 saturated heterocycles. The molecule has 0 amide bonds. The van der Waals surface area contributed by atoms with Gasteiger partial charge >= 0.3 is 0 Å². The highest BCUT2D eigenvalue weighted by Crippen LogP contribution is 2.63. The van der Waals surface area contributed by atoms with Crippen molar-refractivity contribution in [3.63, 3.8) is 0 Å². The van der Waals surface area contributed by atoms with Gasteiger partial charge < -0.3 is 14.5 Å². The number of para-hydroxylation sites is 2. The summed E-state index contributed by atoms with van der Waals surface area (Å²) in [6.45, 7) is 22.1. The van der Waals surface area contributed by atoms with Crippen molar-refractivity contribution in [1.29, 1.82) is 0 Å². The Morgan fingerprint density at radius 1 is 0.562 bits per heavy atom. The maximum absolute atomic E-state index is 7.53. The van der Waals surface area contributed by atoms with Crippen molar-refractivity contribution >= 4 is 82.3 Å².